The van der Waals surface area contributed by atoms with Gasteiger partial charge >= 0.3 is 0 Å². The summed E-state index contributed by atoms with van der Waals surface area (Å²) in [6, 6.07) is 2.45. The van der Waals surface area contributed by atoms with E-state index in [0.717, 1.165) is 17.9 Å². The van der Waals surface area contributed by atoms with Crippen LogP contribution >= 0.6 is 0 Å². The Balaban J connectivity index is 2.36. The molecule has 1 rings (SSSR count). The Labute approximate surface area is 109 Å². The van der Waals surface area contributed by atoms with E-state index in [-0.39, 0.29) is 18.0 Å². The highest BCUT2D eigenvalue weighted by molar-refractivity contribution is 5.78. The van der Waals surface area contributed by atoms with Crippen molar-refractivity contribution in [1.29, 1.82) is 0 Å². The van der Waals surface area contributed by atoms with Crippen molar-refractivity contribution in [2.75, 3.05) is 6.54 Å². The number of amides is 1. The lowest BCUT2D eigenvalue weighted by molar-refractivity contribution is -0.120. The Kier molecular flexibility index (Phi) is 5.34. The molecule has 5 heteroatoms. The van der Waals surface area contributed by atoms with Gasteiger partial charge in [0, 0.05) is 17.8 Å². The second-order valence-electron chi connectivity index (χ2n) is 5.11. The molecule has 1 aromatic rings. The Morgan fingerprint density at radius 2 is 2.06 bits per heavy atom. The number of nitrogens with zero attached hydrogens (tertiary/aromatic N) is 2. The van der Waals surface area contributed by atoms with Gasteiger partial charge in [-0.3, -0.25) is 9.48 Å². The molecule has 1 unspecified atom stereocenters. The summed E-state index contributed by atoms with van der Waals surface area (Å²) in [6.45, 7) is 11.1. The molecule has 0 saturated heterocycles. The van der Waals surface area contributed by atoms with Crippen molar-refractivity contribution < 1.29 is 4.79 Å². The zero-order chi connectivity index (χ0) is 13.7. The normalized spacial score (nSPS) is 12.8. The predicted octanol–water partition coefficient (Wildman–Crippen LogP) is 1.00. The van der Waals surface area contributed by atoms with Crippen LogP contribution in [0.4, 0.5) is 0 Å². The highest BCUT2D eigenvalue weighted by Crippen LogP contribution is 2.02. The molecule has 0 radical (unpaired) electrons. The van der Waals surface area contributed by atoms with Gasteiger partial charge in [-0.05, 0) is 40.7 Å². The Hall–Kier alpha value is -1.36. The molecule has 0 aliphatic heterocycles. The largest absolute Gasteiger partial charge is 0.353 e. The first-order chi connectivity index (χ1) is 8.38. The first-order valence-corrected chi connectivity index (χ1v) is 6.42. The molecule has 0 aromatic carbocycles. The van der Waals surface area contributed by atoms with Crippen LogP contribution < -0.4 is 10.6 Å². The maximum absolute atomic E-state index is 11.5. The van der Waals surface area contributed by atoms with Crippen LogP contribution in [0.5, 0.6) is 0 Å². The number of aryl methyl sites for hydroxylation is 2. The highest BCUT2D eigenvalue weighted by Gasteiger charge is 2.09. The summed E-state index contributed by atoms with van der Waals surface area (Å²) in [7, 11) is 0. The van der Waals surface area contributed by atoms with E-state index in [0.29, 0.717) is 6.54 Å². The van der Waals surface area contributed by atoms with E-state index < -0.39 is 0 Å². The second kappa shape index (κ2) is 6.54. The number of hydrogen-bond acceptors (Lipinski definition) is 3. The summed E-state index contributed by atoms with van der Waals surface area (Å²) in [4.78, 5) is 11.5. The molecule has 1 amide bonds. The van der Waals surface area contributed by atoms with Crippen LogP contribution in [0, 0.1) is 13.8 Å². The summed E-state index contributed by atoms with van der Waals surface area (Å²) in [5.74, 6) is 0.0326. The van der Waals surface area contributed by atoms with Crippen molar-refractivity contribution in [3.8, 4) is 0 Å². The minimum absolute atomic E-state index is 0.0326. The molecule has 1 heterocycles. The maximum Gasteiger partial charge on any atom is 0.234 e. The van der Waals surface area contributed by atoms with E-state index in [1.54, 1.807) is 0 Å². The topological polar surface area (TPSA) is 59.0 Å². The van der Waals surface area contributed by atoms with Crippen molar-refractivity contribution in [2.45, 2.75) is 53.2 Å². The van der Waals surface area contributed by atoms with Gasteiger partial charge in [-0.25, -0.2) is 0 Å². The Morgan fingerprint density at radius 1 is 1.39 bits per heavy atom. The average Bonchev–Trinajstić information content (AvgIpc) is 2.53. The predicted molar refractivity (Wildman–Crippen MR) is 72.4 cm³/mol. The molecule has 1 aromatic heterocycles. The molecule has 18 heavy (non-hydrogen) atoms. The van der Waals surface area contributed by atoms with Gasteiger partial charge in [0.1, 0.15) is 0 Å². The molecule has 2 N–H and O–H groups in total. The number of rotatable bonds is 6. The summed E-state index contributed by atoms with van der Waals surface area (Å²) in [5.41, 5.74) is 2.17. The Morgan fingerprint density at radius 3 is 2.56 bits per heavy atom. The van der Waals surface area contributed by atoms with Gasteiger partial charge < -0.3 is 10.6 Å². The number of hydrogen-bond donors (Lipinski definition) is 2. The lowest BCUT2D eigenvalue weighted by Gasteiger charge is -2.15. The van der Waals surface area contributed by atoms with Crippen LogP contribution in [0.25, 0.3) is 0 Å². The van der Waals surface area contributed by atoms with E-state index in [2.05, 4.69) is 28.7 Å². The number of carbonyl (C=O) groups is 1. The summed E-state index contributed by atoms with van der Waals surface area (Å²) >= 11 is 0. The molecule has 0 saturated carbocycles. The summed E-state index contributed by atoms with van der Waals surface area (Å²) in [6.07, 6.45) is 0. The van der Waals surface area contributed by atoms with E-state index in [1.165, 1.54) is 0 Å². The molecular weight excluding hydrogens is 228 g/mol. The van der Waals surface area contributed by atoms with Gasteiger partial charge in [0.2, 0.25) is 5.91 Å². The molecule has 0 fully saturated rings. The van der Waals surface area contributed by atoms with Crippen LogP contribution in [0.15, 0.2) is 6.07 Å². The fraction of sp³-hybridized carbons (Fsp3) is 0.692. The van der Waals surface area contributed by atoms with Gasteiger partial charge in [-0.1, -0.05) is 0 Å². The third-order valence-electron chi connectivity index (χ3n) is 2.61. The van der Waals surface area contributed by atoms with Crippen molar-refractivity contribution in [2.24, 2.45) is 0 Å². The molecule has 0 bridgehead atoms. The SMILES string of the molecule is Cc1cc(C)n(CC(C)NCC(=O)NC(C)C)n1. The van der Waals surface area contributed by atoms with Gasteiger partial charge in [-0.15, -0.1) is 0 Å². The standard InChI is InChI=1S/C13H24N4O/c1-9(2)15-13(18)7-14-11(4)8-17-12(5)6-10(3)16-17/h6,9,11,14H,7-8H2,1-5H3,(H,15,18). The van der Waals surface area contributed by atoms with Gasteiger partial charge in [0.15, 0.2) is 0 Å². The van der Waals surface area contributed by atoms with E-state index in [4.69, 9.17) is 0 Å². The van der Waals surface area contributed by atoms with Crippen LogP contribution in [-0.4, -0.2) is 34.3 Å². The number of carbonyl (C=O) groups excluding carboxylic acids is 1. The number of aromatic nitrogens is 2. The van der Waals surface area contributed by atoms with Crippen LogP contribution in [0.2, 0.25) is 0 Å². The molecule has 5 nitrogen and oxygen atoms in total. The van der Waals surface area contributed by atoms with Crippen molar-refractivity contribution in [1.82, 2.24) is 20.4 Å². The Bertz CT molecular complexity index is 398. The molecular formula is C13H24N4O. The third-order valence-corrected chi connectivity index (χ3v) is 2.61. The monoisotopic (exact) mass is 252 g/mol. The van der Waals surface area contributed by atoms with Crippen molar-refractivity contribution in [3.63, 3.8) is 0 Å². The van der Waals surface area contributed by atoms with E-state index in [9.17, 15) is 4.79 Å². The maximum atomic E-state index is 11.5. The zero-order valence-electron chi connectivity index (χ0n) is 11.9. The summed E-state index contributed by atoms with van der Waals surface area (Å²) in [5, 5.41) is 10.5. The third kappa shape index (κ3) is 4.87. The minimum Gasteiger partial charge on any atom is -0.353 e. The molecule has 1 atom stereocenters. The van der Waals surface area contributed by atoms with Crippen LogP contribution in [-0.2, 0) is 11.3 Å². The smallest absolute Gasteiger partial charge is 0.234 e. The molecule has 0 spiro atoms. The van der Waals surface area contributed by atoms with E-state index >= 15 is 0 Å². The minimum atomic E-state index is 0.0326. The van der Waals surface area contributed by atoms with Crippen molar-refractivity contribution in [3.05, 3.63) is 17.5 Å². The highest BCUT2D eigenvalue weighted by atomic mass is 16.1. The lowest BCUT2D eigenvalue weighted by atomic mass is 10.3. The molecule has 0 aliphatic carbocycles. The summed E-state index contributed by atoms with van der Waals surface area (Å²) < 4.78 is 1.97. The van der Waals surface area contributed by atoms with E-state index in [1.807, 2.05) is 32.4 Å². The van der Waals surface area contributed by atoms with Gasteiger partial charge in [-0.2, -0.15) is 5.10 Å². The fourth-order valence-electron chi connectivity index (χ4n) is 1.82. The number of nitrogens with one attached hydrogen (secondary N) is 2. The lowest BCUT2D eigenvalue weighted by Crippen LogP contribution is -2.42. The second-order valence-corrected chi connectivity index (χ2v) is 5.11. The first-order valence-electron chi connectivity index (χ1n) is 6.42. The van der Waals surface area contributed by atoms with Gasteiger partial charge in [0.25, 0.3) is 0 Å². The van der Waals surface area contributed by atoms with Crippen LogP contribution in [0.3, 0.4) is 0 Å². The van der Waals surface area contributed by atoms with Gasteiger partial charge in [0.05, 0.1) is 18.8 Å². The van der Waals surface area contributed by atoms with Crippen molar-refractivity contribution >= 4 is 5.91 Å². The molecule has 102 valence electrons. The molecule has 0 aliphatic rings. The quantitative estimate of drug-likeness (QED) is 0.794. The zero-order valence-corrected chi connectivity index (χ0v) is 11.9. The fourth-order valence-corrected chi connectivity index (χ4v) is 1.82. The first kappa shape index (κ1) is 14.7. The average molecular weight is 252 g/mol. The van der Waals surface area contributed by atoms with Crippen LogP contribution in [0.1, 0.15) is 32.2 Å².